The van der Waals surface area contributed by atoms with E-state index in [2.05, 4.69) is 0 Å². The number of ether oxygens (including phenoxy) is 2. The molecule has 0 fully saturated rings. The Hall–Kier alpha value is -3.00. The summed E-state index contributed by atoms with van der Waals surface area (Å²) in [5, 5.41) is 18.4. The zero-order chi connectivity index (χ0) is 15.9. The fraction of sp³-hybridized carbons (Fsp3) is 0.176. The number of phenols is 1. The molecular weight excluding hydrogens is 282 g/mol. The van der Waals surface area contributed by atoms with Gasteiger partial charge >= 0.3 is 0 Å². The van der Waals surface area contributed by atoms with Gasteiger partial charge in [-0.05, 0) is 42.0 Å². The average Bonchev–Trinajstić information content (AvgIpc) is 2.55. The van der Waals surface area contributed by atoms with Crippen molar-refractivity contribution < 1.29 is 19.4 Å². The number of aromatic hydroxyl groups is 1. The average molecular weight is 297 g/mol. The molecule has 1 N–H and O–H groups in total. The SMILES string of the molecule is COc1cccc(C(C#N)C(=O)COc2ccc(O)cc2)c1. The molecule has 0 spiro atoms. The number of carbonyl (C=O) groups is 1. The van der Waals surface area contributed by atoms with Gasteiger partial charge in [0.15, 0.2) is 5.78 Å². The van der Waals surface area contributed by atoms with Crippen molar-refractivity contribution in [3.63, 3.8) is 0 Å². The minimum absolute atomic E-state index is 0.116. The number of methoxy groups -OCH3 is 1. The Labute approximate surface area is 128 Å². The summed E-state index contributed by atoms with van der Waals surface area (Å²) in [4.78, 5) is 12.2. The minimum atomic E-state index is -0.910. The van der Waals surface area contributed by atoms with E-state index < -0.39 is 5.92 Å². The van der Waals surface area contributed by atoms with E-state index in [1.165, 1.54) is 19.2 Å². The molecule has 0 saturated heterocycles. The van der Waals surface area contributed by atoms with Crippen molar-refractivity contribution in [2.75, 3.05) is 13.7 Å². The molecule has 22 heavy (non-hydrogen) atoms. The zero-order valence-corrected chi connectivity index (χ0v) is 12.0. The molecule has 5 nitrogen and oxygen atoms in total. The summed E-state index contributed by atoms with van der Waals surface area (Å²) in [7, 11) is 1.52. The molecule has 0 heterocycles. The van der Waals surface area contributed by atoms with Gasteiger partial charge in [0.1, 0.15) is 29.8 Å². The number of phenolic OH excluding ortho intramolecular Hbond substituents is 1. The van der Waals surface area contributed by atoms with Crippen LogP contribution < -0.4 is 9.47 Å². The van der Waals surface area contributed by atoms with Crippen molar-refractivity contribution in [3.8, 4) is 23.3 Å². The highest BCUT2D eigenvalue weighted by Gasteiger charge is 2.21. The number of nitriles is 1. The monoisotopic (exact) mass is 297 g/mol. The van der Waals surface area contributed by atoms with E-state index in [4.69, 9.17) is 9.47 Å². The number of hydrogen-bond acceptors (Lipinski definition) is 5. The lowest BCUT2D eigenvalue weighted by Gasteiger charge is -2.11. The van der Waals surface area contributed by atoms with Crippen LogP contribution in [0.25, 0.3) is 0 Å². The van der Waals surface area contributed by atoms with Crippen molar-refractivity contribution in [1.82, 2.24) is 0 Å². The van der Waals surface area contributed by atoms with E-state index in [-0.39, 0.29) is 18.1 Å². The van der Waals surface area contributed by atoms with E-state index in [0.29, 0.717) is 17.1 Å². The first kappa shape index (κ1) is 15.4. The first-order chi connectivity index (χ1) is 10.6. The molecule has 1 atom stereocenters. The summed E-state index contributed by atoms with van der Waals surface area (Å²) in [5.41, 5.74) is 0.571. The van der Waals surface area contributed by atoms with E-state index in [9.17, 15) is 15.2 Å². The second-order valence-electron chi connectivity index (χ2n) is 4.59. The number of carbonyl (C=O) groups excluding carboxylic acids is 1. The third kappa shape index (κ3) is 3.76. The first-order valence-electron chi connectivity index (χ1n) is 6.62. The van der Waals surface area contributed by atoms with E-state index in [1.54, 1.807) is 36.4 Å². The molecule has 0 aliphatic rings. The fourth-order valence-electron chi connectivity index (χ4n) is 1.93. The zero-order valence-electron chi connectivity index (χ0n) is 12.0. The molecule has 0 aromatic heterocycles. The topological polar surface area (TPSA) is 79.5 Å². The van der Waals surface area contributed by atoms with Crippen LogP contribution in [0, 0.1) is 11.3 Å². The lowest BCUT2D eigenvalue weighted by atomic mass is 9.96. The largest absolute Gasteiger partial charge is 0.508 e. The van der Waals surface area contributed by atoms with Crippen LogP contribution in [0.4, 0.5) is 0 Å². The van der Waals surface area contributed by atoms with E-state index >= 15 is 0 Å². The Morgan fingerprint density at radius 1 is 1.23 bits per heavy atom. The molecule has 112 valence electrons. The number of hydrogen-bond donors (Lipinski definition) is 1. The van der Waals surface area contributed by atoms with Crippen LogP contribution in [0.2, 0.25) is 0 Å². The van der Waals surface area contributed by atoms with Crippen LogP contribution in [0.15, 0.2) is 48.5 Å². The van der Waals surface area contributed by atoms with E-state index in [0.717, 1.165) is 0 Å². The molecule has 5 heteroatoms. The molecule has 1 unspecified atom stereocenters. The van der Waals surface area contributed by atoms with Gasteiger partial charge in [-0.25, -0.2) is 0 Å². The molecule has 0 aliphatic heterocycles. The lowest BCUT2D eigenvalue weighted by Crippen LogP contribution is -2.19. The Bertz CT molecular complexity index is 689. The van der Waals surface area contributed by atoms with Gasteiger partial charge in [0, 0.05) is 0 Å². The van der Waals surface area contributed by atoms with Gasteiger partial charge in [-0.3, -0.25) is 4.79 Å². The Morgan fingerprint density at radius 3 is 2.59 bits per heavy atom. The third-order valence-corrected chi connectivity index (χ3v) is 3.10. The maximum Gasteiger partial charge on any atom is 0.191 e. The minimum Gasteiger partial charge on any atom is -0.508 e. The van der Waals surface area contributed by atoms with Gasteiger partial charge in [0.05, 0.1) is 13.2 Å². The molecule has 0 bridgehead atoms. The van der Waals surface area contributed by atoms with Crippen LogP contribution in [0.1, 0.15) is 11.5 Å². The smallest absolute Gasteiger partial charge is 0.191 e. The van der Waals surface area contributed by atoms with E-state index in [1.807, 2.05) is 6.07 Å². The second-order valence-corrected chi connectivity index (χ2v) is 4.59. The number of benzene rings is 2. The van der Waals surface area contributed by atoms with Crippen molar-refractivity contribution in [2.24, 2.45) is 0 Å². The van der Waals surface area contributed by atoms with Crippen LogP contribution in [-0.2, 0) is 4.79 Å². The molecular formula is C17H15NO4. The Morgan fingerprint density at radius 2 is 1.95 bits per heavy atom. The van der Waals surface area contributed by atoms with Crippen molar-refractivity contribution in [3.05, 3.63) is 54.1 Å². The number of Topliss-reactive ketones (excluding diaryl/α,β-unsaturated/α-hetero) is 1. The summed E-state index contributed by atoms with van der Waals surface area (Å²) in [6.45, 7) is -0.222. The van der Waals surface area contributed by atoms with Crippen LogP contribution >= 0.6 is 0 Å². The van der Waals surface area contributed by atoms with Crippen LogP contribution in [0.3, 0.4) is 0 Å². The summed E-state index contributed by atoms with van der Waals surface area (Å²) >= 11 is 0. The third-order valence-electron chi connectivity index (χ3n) is 3.10. The summed E-state index contributed by atoms with van der Waals surface area (Å²) in [6.07, 6.45) is 0. The van der Waals surface area contributed by atoms with Gasteiger partial charge < -0.3 is 14.6 Å². The molecule has 0 saturated carbocycles. The quantitative estimate of drug-likeness (QED) is 0.886. The highest BCUT2D eigenvalue weighted by Crippen LogP contribution is 2.22. The Balaban J connectivity index is 2.05. The highest BCUT2D eigenvalue weighted by atomic mass is 16.5. The molecule has 2 aromatic rings. The highest BCUT2D eigenvalue weighted by molar-refractivity contribution is 5.89. The number of nitrogens with zero attached hydrogens (tertiary/aromatic N) is 1. The molecule has 0 radical (unpaired) electrons. The van der Waals surface area contributed by atoms with Gasteiger partial charge in [-0.1, -0.05) is 12.1 Å². The number of ketones is 1. The predicted molar refractivity (Wildman–Crippen MR) is 80.0 cm³/mol. The maximum atomic E-state index is 12.2. The first-order valence-corrected chi connectivity index (χ1v) is 6.62. The molecule has 0 aliphatic carbocycles. The fourth-order valence-corrected chi connectivity index (χ4v) is 1.93. The molecule has 0 amide bonds. The molecule has 2 aromatic carbocycles. The van der Waals surface area contributed by atoms with Crippen molar-refractivity contribution >= 4 is 5.78 Å². The number of rotatable bonds is 6. The normalized spacial score (nSPS) is 11.3. The van der Waals surface area contributed by atoms with Gasteiger partial charge in [0.2, 0.25) is 0 Å². The Kier molecular flexibility index (Phi) is 4.99. The van der Waals surface area contributed by atoms with Gasteiger partial charge in [-0.15, -0.1) is 0 Å². The van der Waals surface area contributed by atoms with Crippen LogP contribution in [0.5, 0.6) is 17.2 Å². The second kappa shape index (κ2) is 7.14. The summed E-state index contributed by atoms with van der Waals surface area (Å²) < 4.78 is 10.4. The van der Waals surface area contributed by atoms with Crippen LogP contribution in [-0.4, -0.2) is 24.6 Å². The van der Waals surface area contributed by atoms with Crippen molar-refractivity contribution in [2.45, 2.75) is 5.92 Å². The van der Waals surface area contributed by atoms with Gasteiger partial charge in [-0.2, -0.15) is 5.26 Å². The molecule has 2 rings (SSSR count). The maximum absolute atomic E-state index is 12.2. The lowest BCUT2D eigenvalue weighted by molar-refractivity contribution is -0.121. The van der Waals surface area contributed by atoms with Crippen molar-refractivity contribution in [1.29, 1.82) is 5.26 Å². The summed E-state index contributed by atoms with van der Waals surface area (Å²) in [5.74, 6) is -0.0977. The predicted octanol–water partition coefficient (Wildman–Crippen LogP) is 2.66. The standard InChI is InChI=1S/C17H15NO4/c1-21-15-4-2-3-12(9-15)16(10-18)17(20)11-22-14-7-5-13(19)6-8-14/h2-9,16,19H,11H2,1H3. The summed E-state index contributed by atoms with van der Waals surface area (Å²) in [6, 6.07) is 14.9. The van der Waals surface area contributed by atoms with Gasteiger partial charge in [0.25, 0.3) is 0 Å².